The molecular formula is C19H23N3O4S2. The van der Waals surface area contributed by atoms with Gasteiger partial charge in [0.05, 0.1) is 17.5 Å². The van der Waals surface area contributed by atoms with Gasteiger partial charge in [-0.1, -0.05) is 6.07 Å². The summed E-state index contributed by atoms with van der Waals surface area (Å²) in [7, 11) is -3.86. The van der Waals surface area contributed by atoms with E-state index in [9.17, 15) is 18.0 Å². The molecule has 3 rings (SSSR count). The monoisotopic (exact) mass is 421 g/mol. The third-order valence-electron chi connectivity index (χ3n) is 4.36. The first-order valence-electron chi connectivity index (χ1n) is 8.99. The van der Waals surface area contributed by atoms with Crippen molar-refractivity contribution in [3.63, 3.8) is 0 Å². The lowest BCUT2D eigenvalue weighted by Gasteiger charge is -2.25. The number of nitrogens with zero attached hydrogens (tertiary/aromatic N) is 1. The van der Waals surface area contributed by atoms with Crippen molar-refractivity contribution in [1.29, 1.82) is 0 Å². The summed E-state index contributed by atoms with van der Waals surface area (Å²) in [5, 5.41) is 4.54. The van der Waals surface area contributed by atoms with Crippen molar-refractivity contribution in [3.05, 3.63) is 46.7 Å². The lowest BCUT2D eigenvalue weighted by molar-refractivity contribution is -0.133. The Morgan fingerprint density at radius 1 is 1.21 bits per heavy atom. The SMILES string of the molecule is CC(=O)Nc1ccc(S(=O)(=O)N[C@@H](C)C(=O)N(Cc2cccs2)C2CC2)cc1. The average molecular weight is 422 g/mol. The molecule has 1 aliphatic rings. The Bertz CT molecular complexity index is 936. The van der Waals surface area contributed by atoms with Crippen LogP contribution >= 0.6 is 11.3 Å². The van der Waals surface area contributed by atoms with E-state index in [4.69, 9.17) is 0 Å². The maximum atomic E-state index is 12.9. The second-order valence-electron chi connectivity index (χ2n) is 6.83. The minimum absolute atomic E-state index is 0.0393. The summed E-state index contributed by atoms with van der Waals surface area (Å²) in [6.07, 6.45) is 1.89. The molecule has 1 heterocycles. The van der Waals surface area contributed by atoms with Crippen LogP contribution in [0.25, 0.3) is 0 Å². The Morgan fingerprint density at radius 3 is 2.43 bits per heavy atom. The summed E-state index contributed by atoms with van der Waals surface area (Å²) in [6, 6.07) is 9.03. The number of hydrogen-bond donors (Lipinski definition) is 2. The lowest BCUT2D eigenvalue weighted by Crippen LogP contribution is -2.47. The molecule has 150 valence electrons. The topological polar surface area (TPSA) is 95.6 Å². The number of nitrogens with one attached hydrogen (secondary N) is 2. The Morgan fingerprint density at radius 2 is 1.89 bits per heavy atom. The molecule has 0 radical (unpaired) electrons. The summed E-state index contributed by atoms with van der Waals surface area (Å²) in [5.74, 6) is -0.465. The number of amides is 2. The predicted molar refractivity (Wildman–Crippen MR) is 108 cm³/mol. The van der Waals surface area contributed by atoms with Crippen molar-refractivity contribution in [1.82, 2.24) is 9.62 Å². The molecular weight excluding hydrogens is 398 g/mol. The molecule has 0 aliphatic heterocycles. The van der Waals surface area contributed by atoms with E-state index in [1.54, 1.807) is 23.2 Å². The minimum atomic E-state index is -3.86. The van der Waals surface area contributed by atoms with Crippen LogP contribution in [-0.4, -0.2) is 37.2 Å². The Labute approximate surface area is 168 Å². The molecule has 1 aromatic heterocycles. The molecule has 2 N–H and O–H groups in total. The zero-order valence-electron chi connectivity index (χ0n) is 15.7. The summed E-state index contributed by atoms with van der Waals surface area (Å²) in [6.45, 7) is 3.44. The van der Waals surface area contributed by atoms with Crippen LogP contribution in [0, 0.1) is 0 Å². The third kappa shape index (κ3) is 5.18. The van der Waals surface area contributed by atoms with E-state index in [0.717, 1.165) is 17.7 Å². The van der Waals surface area contributed by atoms with Crippen LogP contribution in [0.4, 0.5) is 5.69 Å². The van der Waals surface area contributed by atoms with Crippen molar-refractivity contribution in [2.45, 2.75) is 50.2 Å². The van der Waals surface area contributed by atoms with Crippen molar-refractivity contribution in [3.8, 4) is 0 Å². The van der Waals surface area contributed by atoms with E-state index >= 15 is 0 Å². The Hall–Kier alpha value is -2.23. The van der Waals surface area contributed by atoms with Crippen LogP contribution < -0.4 is 10.0 Å². The summed E-state index contributed by atoms with van der Waals surface area (Å²) >= 11 is 1.58. The third-order valence-corrected chi connectivity index (χ3v) is 6.78. The normalized spacial score (nSPS) is 15.1. The number of anilines is 1. The van der Waals surface area contributed by atoms with Crippen LogP contribution in [0.15, 0.2) is 46.7 Å². The van der Waals surface area contributed by atoms with E-state index in [0.29, 0.717) is 12.2 Å². The number of hydrogen-bond acceptors (Lipinski definition) is 5. The zero-order chi connectivity index (χ0) is 20.3. The quantitative estimate of drug-likeness (QED) is 0.685. The van der Waals surface area contributed by atoms with Crippen molar-refractivity contribution < 1.29 is 18.0 Å². The number of benzene rings is 1. The smallest absolute Gasteiger partial charge is 0.241 e. The zero-order valence-corrected chi connectivity index (χ0v) is 17.3. The largest absolute Gasteiger partial charge is 0.333 e. The highest BCUT2D eigenvalue weighted by Crippen LogP contribution is 2.30. The van der Waals surface area contributed by atoms with E-state index in [2.05, 4.69) is 10.0 Å². The number of carbonyl (C=O) groups excluding carboxylic acids is 2. The molecule has 0 spiro atoms. The van der Waals surface area contributed by atoms with Crippen LogP contribution in [0.3, 0.4) is 0 Å². The number of sulfonamides is 1. The Kier molecular flexibility index (Phi) is 6.17. The molecule has 0 unspecified atom stereocenters. The first kappa shape index (κ1) is 20.5. The number of carbonyl (C=O) groups is 2. The van der Waals surface area contributed by atoms with E-state index in [1.807, 2.05) is 17.5 Å². The van der Waals surface area contributed by atoms with Gasteiger partial charge in [-0.25, -0.2) is 8.42 Å². The lowest BCUT2D eigenvalue weighted by atomic mass is 10.3. The fourth-order valence-corrected chi connectivity index (χ4v) is 4.76. The van der Waals surface area contributed by atoms with Gasteiger partial charge in [0.25, 0.3) is 0 Å². The van der Waals surface area contributed by atoms with E-state index in [1.165, 1.54) is 31.2 Å². The molecule has 1 aromatic carbocycles. The first-order valence-corrected chi connectivity index (χ1v) is 11.4. The number of rotatable bonds is 8. The molecule has 1 aliphatic carbocycles. The second-order valence-corrected chi connectivity index (χ2v) is 9.57. The summed E-state index contributed by atoms with van der Waals surface area (Å²) in [4.78, 5) is 26.8. The van der Waals surface area contributed by atoms with Gasteiger partial charge < -0.3 is 10.2 Å². The molecule has 1 atom stereocenters. The molecule has 28 heavy (non-hydrogen) atoms. The molecule has 0 saturated heterocycles. The van der Waals surface area contributed by atoms with Crippen LogP contribution in [0.2, 0.25) is 0 Å². The molecule has 1 saturated carbocycles. The van der Waals surface area contributed by atoms with Gasteiger partial charge in [0.2, 0.25) is 21.8 Å². The van der Waals surface area contributed by atoms with Crippen molar-refractivity contribution in [2.24, 2.45) is 0 Å². The first-order chi connectivity index (χ1) is 13.3. The maximum Gasteiger partial charge on any atom is 0.241 e. The van der Waals surface area contributed by atoms with Crippen LogP contribution in [0.1, 0.15) is 31.6 Å². The average Bonchev–Trinajstić information content (AvgIpc) is 3.34. The van der Waals surface area contributed by atoms with Gasteiger partial charge in [0.1, 0.15) is 0 Å². The van der Waals surface area contributed by atoms with Gasteiger partial charge in [-0.2, -0.15) is 4.72 Å². The maximum absolute atomic E-state index is 12.9. The van der Waals surface area contributed by atoms with Gasteiger partial charge in [-0.15, -0.1) is 11.3 Å². The van der Waals surface area contributed by atoms with E-state index < -0.39 is 16.1 Å². The molecule has 2 amide bonds. The van der Waals surface area contributed by atoms with Crippen molar-refractivity contribution in [2.75, 3.05) is 5.32 Å². The second kappa shape index (κ2) is 8.42. The minimum Gasteiger partial charge on any atom is -0.333 e. The van der Waals surface area contributed by atoms with Gasteiger partial charge in [-0.3, -0.25) is 9.59 Å². The van der Waals surface area contributed by atoms with Gasteiger partial charge >= 0.3 is 0 Å². The fourth-order valence-electron chi connectivity index (χ4n) is 2.86. The summed E-state index contributed by atoms with van der Waals surface area (Å²) < 4.78 is 27.7. The standard InChI is InChI=1S/C19H23N3O4S2/c1-13(19(24)22(16-7-8-16)12-17-4-3-11-27-17)21-28(25,26)18-9-5-15(6-10-18)20-14(2)23/h3-6,9-11,13,16,21H,7-8,12H2,1-2H3,(H,20,23)/t13-/m0/s1. The molecule has 0 bridgehead atoms. The highest BCUT2D eigenvalue weighted by molar-refractivity contribution is 7.89. The highest BCUT2D eigenvalue weighted by Gasteiger charge is 2.36. The molecule has 1 fully saturated rings. The number of thiophene rings is 1. The van der Waals surface area contributed by atoms with Crippen molar-refractivity contribution >= 4 is 38.9 Å². The molecule has 7 nitrogen and oxygen atoms in total. The molecule has 9 heteroatoms. The van der Waals surface area contributed by atoms with Gasteiger partial charge in [0.15, 0.2) is 0 Å². The Balaban J connectivity index is 1.68. The fraction of sp³-hybridized carbons (Fsp3) is 0.368. The van der Waals surface area contributed by atoms with Gasteiger partial charge in [0, 0.05) is 23.5 Å². The summed E-state index contributed by atoms with van der Waals surface area (Å²) in [5.41, 5.74) is 0.506. The highest BCUT2D eigenvalue weighted by atomic mass is 32.2. The predicted octanol–water partition coefficient (Wildman–Crippen LogP) is 2.56. The van der Waals surface area contributed by atoms with Crippen LogP contribution in [0.5, 0.6) is 0 Å². The van der Waals surface area contributed by atoms with E-state index in [-0.39, 0.29) is 22.8 Å². The van der Waals surface area contributed by atoms with Gasteiger partial charge in [-0.05, 0) is 55.5 Å². The van der Waals surface area contributed by atoms with Crippen LogP contribution in [-0.2, 0) is 26.2 Å². The molecule has 2 aromatic rings.